The van der Waals surface area contributed by atoms with Gasteiger partial charge in [0.1, 0.15) is 7.11 Å². The van der Waals surface area contributed by atoms with E-state index in [1.165, 1.54) is 36.5 Å². The van der Waals surface area contributed by atoms with Crippen LogP contribution in [0.15, 0.2) is 57.8 Å². The van der Waals surface area contributed by atoms with Crippen molar-refractivity contribution < 1.29 is 14.4 Å². The van der Waals surface area contributed by atoms with E-state index in [-0.39, 0.29) is 5.71 Å². The highest BCUT2D eigenvalue weighted by Crippen LogP contribution is 2.33. The van der Waals surface area contributed by atoms with E-state index in [0.717, 1.165) is 24.8 Å². The van der Waals surface area contributed by atoms with E-state index in [1.807, 2.05) is 59.7 Å². The number of rotatable bonds is 6. The molecule has 1 aliphatic rings. The predicted octanol–water partition coefficient (Wildman–Crippen LogP) is 7.30. The number of hydrogen-bond acceptors (Lipinski definition) is 4. The van der Waals surface area contributed by atoms with Crippen molar-refractivity contribution in [2.24, 2.45) is 5.16 Å². The lowest BCUT2D eigenvalue weighted by Gasteiger charge is -2.23. The highest BCUT2D eigenvalue weighted by atomic mass is 16.6. The molecule has 4 nitrogen and oxygen atoms in total. The van der Waals surface area contributed by atoms with E-state index in [4.69, 9.17) is 9.57 Å². The minimum atomic E-state index is -0.448. The largest absolute Gasteiger partial charge is 0.464 e. The number of carbonyl (C=O) groups excluding carboxylic acids is 1. The number of aryl methyl sites for hydroxylation is 1. The molecule has 0 spiro atoms. The molecule has 0 amide bonds. The van der Waals surface area contributed by atoms with Gasteiger partial charge in [-0.2, -0.15) is 0 Å². The van der Waals surface area contributed by atoms with Crippen LogP contribution < -0.4 is 0 Å². The average Bonchev–Trinajstić information content (AvgIpc) is 2.82. The molecule has 0 bridgehead atoms. The van der Waals surface area contributed by atoms with Gasteiger partial charge in [0, 0.05) is 0 Å². The summed E-state index contributed by atoms with van der Waals surface area (Å²) in [5, 5.41) is 3.94. The number of methoxy groups -OCH3 is 1. The first-order chi connectivity index (χ1) is 14.6. The van der Waals surface area contributed by atoms with Crippen LogP contribution in [0.2, 0.25) is 0 Å². The van der Waals surface area contributed by atoms with Crippen molar-refractivity contribution in [3.63, 3.8) is 0 Å². The second-order valence-corrected chi connectivity index (χ2v) is 6.10. The highest BCUT2D eigenvalue weighted by Gasteiger charge is 2.25. The molecule has 0 aliphatic heterocycles. The molecular formula is C26H43NO3. The molecule has 0 aromatic heterocycles. The van der Waals surface area contributed by atoms with Crippen LogP contribution in [-0.4, -0.2) is 25.9 Å². The smallest absolute Gasteiger partial charge is 0.360 e. The molecule has 0 fully saturated rings. The minimum Gasteiger partial charge on any atom is -0.464 e. The maximum atomic E-state index is 12.1. The molecule has 0 N–H and O–H groups in total. The van der Waals surface area contributed by atoms with Gasteiger partial charge in [-0.1, -0.05) is 93.7 Å². The van der Waals surface area contributed by atoms with Crippen molar-refractivity contribution >= 4 is 11.7 Å². The molecule has 1 aliphatic carbocycles. The first-order valence-electron chi connectivity index (χ1n) is 11.2. The quantitative estimate of drug-likeness (QED) is 0.211. The number of ether oxygens (including phenoxy) is 1. The Morgan fingerprint density at radius 1 is 0.867 bits per heavy atom. The van der Waals surface area contributed by atoms with E-state index in [2.05, 4.69) is 31.1 Å². The fraction of sp³-hybridized carbons (Fsp3) is 0.538. The summed E-state index contributed by atoms with van der Waals surface area (Å²) in [7, 11) is 2.82. The Bertz CT molecular complexity index is 685. The van der Waals surface area contributed by atoms with Crippen LogP contribution in [0.4, 0.5) is 0 Å². The Morgan fingerprint density at radius 3 is 1.90 bits per heavy atom. The minimum absolute atomic E-state index is 0.287. The molecule has 1 aromatic carbocycles. The third kappa shape index (κ3) is 9.91. The van der Waals surface area contributed by atoms with Gasteiger partial charge in [0.2, 0.25) is 0 Å². The van der Waals surface area contributed by atoms with Gasteiger partial charge >= 0.3 is 5.97 Å². The van der Waals surface area contributed by atoms with Gasteiger partial charge in [0.05, 0.1) is 7.11 Å². The zero-order valence-electron chi connectivity index (χ0n) is 20.9. The summed E-state index contributed by atoms with van der Waals surface area (Å²) >= 11 is 0. The number of benzene rings is 1. The lowest BCUT2D eigenvalue weighted by atomic mass is 9.83. The van der Waals surface area contributed by atoms with Crippen LogP contribution in [0.1, 0.15) is 80.2 Å². The number of allylic oxidation sites excluding steroid dienone is 3. The molecule has 2 rings (SSSR count). The van der Waals surface area contributed by atoms with Crippen molar-refractivity contribution in [2.75, 3.05) is 14.2 Å². The number of oxime groups is 1. The van der Waals surface area contributed by atoms with Crippen LogP contribution in [0.3, 0.4) is 0 Å². The Balaban J connectivity index is 0. The molecule has 0 heterocycles. The maximum Gasteiger partial charge on any atom is 0.360 e. The fourth-order valence-corrected chi connectivity index (χ4v) is 2.95. The van der Waals surface area contributed by atoms with E-state index in [0.29, 0.717) is 6.42 Å². The van der Waals surface area contributed by atoms with Crippen molar-refractivity contribution in [1.29, 1.82) is 0 Å². The Kier molecular flexibility index (Phi) is 18.6. The van der Waals surface area contributed by atoms with E-state index >= 15 is 0 Å². The van der Waals surface area contributed by atoms with Crippen LogP contribution in [0.5, 0.6) is 0 Å². The Hall–Kier alpha value is -2.36. The SMILES string of the molecule is CC.CC.CC.CO/N=C(\C(=O)OC)C1=C(CCc2ccccc2)CC(C)=C(C)C1. The third-order valence-corrected chi connectivity index (χ3v) is 4.48. The van der Waals surface area contributed by atoms with E-state index in [9.17, 15) is 4.79 Å². The molecule has 0 saturated carbocycles. The average molecular weight is 418 g/mol. The molecular weight excluding hydrogens is 374 g/mol. The first-order valence-corrected chi connectivity index (χ1v) is 11.2. The third-order valence-electron chi connectivity index (χ3n) is 4.48. The van der Waals surface area contributed by atoms with Gasteiger partial charge in [-0.15, -0.1) is 0 Å². The first kappa shape index (κ1) is 29.8. The maximum absolute atomic E-state index is 12.1. The van der Waals surface area contributed by atoms with Crippen molar-refractivity contribution in [3.8, 4) is 0 Å². The highest BCUT2D eigenvalue weighted by molar-refractivity contribution is 6.43. The number of nitrogens with zero attached hydrogens (tertiary/aromatic N) is 1. The fourth-order valence-electron chi connectivity index (χ4n) is 2.95. The summed E-state index contributed by atoms with van der Waals surface area (Å²) in [6.07, 6.45) is 3.41. The standard InChI is InChI=1S/C20H25NO3.3C2H6/c1-14-12-17(11-10-16-8-6-5-7-9-16)18(13-15(14)2)19(21-24-4)20(22)23-3;3*1-2/h5-9H,10-13H2,1-4H3;3*1-2H3/b21-19-;;;. The number of esters is 1. The second kappa shape index (κ2) is 18.7. The van der Waals surface area contributed by atoms with E-state index < -0.39 is 5.97 Å². The van der Waals surface area contributed by atoms with Gasteiger partial charge in [-0.05, 0) is 50.7 Å². The predicted molar refractivity (Wildman–Crippen MR) is 130 cm³/mol. The monoisotopic (exact) mass is 417 g/mol. The topological polar surface area (TPSA) is 47.9 Å². The molecule has 4 heteroatoms. The summed E-state index contributed by atoms with van der Waals surface area (Å²) in [6, 6.07) is 10.4. The molecule has 0 unspecified atom stereocenters. The summed E-state index contributed by atoms with van der Waals surface area (Å²) in [6.45, 7) is 16.3. The van der Waals surface area contributed by atoms with Gasteiger partial charge in [-0.3, -0.25) is 0 Å². The molecule has 0 radical (unpaired) electrons. The zero-order chi connectivity index (χ0) is 23.5. The Labute approximate surface area is 185 Å². The van der Waals surface area contributed by atoms with Crippen molar-refractivity contribution in [2.45, 2.75) is 81.1 Å². The molecule has 1 aromatic rings. The summed E-state index contributed by atoms with van der Waals surface area (Å²) in [4.78, 5) is 17.0. The lowest BCUT2D eigenvalue weighted by Crippen LogP contribution is -2.22. The Morgan fingerprint density at radius 2 is 1.40 bits per heavy atom. The molecule has 0 atom stereocenters. The molecule has 170 valence electrons. The van der Waals surface area contributed by atoms with Crippen molar-refractivity contribution in [3.05, 3.63) is 58.2 Å². The van der Waals surface area contributed by atoms with Crippen LogP contribution in [0, 0.1) is 0 Å². The number of hydrogen-bond donors (Lipinski definition) is 0. The van der Waals surface area contributed by atoms with Crippen molar-refractivity contribution in [1.82, 2.24) is 0 Å². The van der Waals surface area contributed by atoms with Gasteiger partial charge in [-0.25, -0.2) is 4.79 Å². The second-order valence-electron chi connectivity index (χ2n) is 6.10. The van der Waals surface area contributed by atoms with Gasteiger partial charge in [0.25, 0.3) is 0 Å². The number of carbonyl (C=O) groups is 1. The van der Waals surface area contributed by atoms with Crippen LogP contribution >= 0.6 is 0 Å². The normalized spacial score (nSPS) is 13.1. The summed E-state index contributed by atoms with van der Waals surface area (Å²) in [5.41, 5.74) is 6.40. The van der Waals surface area contributed by atoms with Crippen LogP contribution in [-0.2, 0) is 20.8 Å². The summed E-state index contributed by atoms with van der Waals surface area (Å²) < 4.78 is 4.89. The summed E-state index contributed by atoms with van der Waals surface area (Å²) in [5.74, 6) is -0.448. The molecule has 0 saturated heterocycles. The zero-order valence-corrected chi connectivity index (χ0v) is 20.9. The van der Waals surface area contributed by atoms with Gasteiger partial charge < -0.3 is 9.57 Å². The van der Waals surface area contributed by atoms with Crippen LogP contribution in [0.25, 0.3) is 0 Å². The van der Waals surface area contributed by atoms with E-state index in [1.54, 1.807) is 0 Å². The lowest BCUT2D eigenvalue weighted by molar-refractivity contribution is -0.132. The van der Waals surface area contributed by atoms with Gasteiger partial charge in [0.15, 0.2) is 5.71 Å². The molecule has 30 heavy (non-hydrogen) atoms.